The maximum Gasteiger partial charge on any atom is 0.272 e. The van der Waals surface area contributed by atoms with Gasteiger partial charge in [0.1, 0.15) is 19.1 Å². The number of H-pyrrole nitrogens is 1. The number of fused-ring (bicyclic) bond motifs is 2. The molecule has 0 spiro atoms. The number of rotatable bonds is 10. The Balaban J connectivity index is 1.73. The van der Waals surface area contributed by atoms with Gasteiger partial charge < -0.3 is 14.0 Å². The zero-order chi connectivity index (χ0) is 25.2. The van der Waals surface area contributed by atoms with Gasteiger partial charge in [-0.3, -0.25) is 4.79 Å². The van der Waals surface area contributed by atoms with Crippen LogP contribution in [-0.2, 0) is 17.9 Å². The minimum atomic E-state index is -2.60. The van der Waals surface area contributed by atoms with E-state index in [2.05, 4.69) is 29.8 Å². The molecule has 0 amide bonds. The zero-order valence-corrected chi connectivity index (χ0v) is 21.7. The number of benzene rings is 2. The van der Waals surface area contributed by atoms with E-state index in [9.17, 15) is 13.6 Å². The summed E-state index contributed by atoms with van der Waals surface area (Å²) in [7, 11) is -1.27. The van der Waals surface area contributed by atoms with Gasteiger partial charge in [0.25, 0.3) is 12.0 Å². The molecule has 4 aromatic rings. The molecule has 2 heterocycles. The van der Waals surface area contributed by atoms with E-state index in [1.54, 1.807) is 18.2 Å². The van der Waals surface area contributed by atoms with Crippen LogP contribution in [0.4, 0.5) is 8.78 Å². The molecule has 0 saturated heterocycles. The molecular formula is C25H28ClF2N3O3Si. The van der Waals surface area contributed by atoms with Crippen molar-refractivity contribution in [3.63, 3.8) is 0 Å². The number of halogens is 3. The van der Waals surface area contributed by atoms with Crippen molar-refractivity contribution in [2.45, 2.75) is 45.3 Å². The Morgan fingerprint density at radius 1 is 1.14 bits per heavy atom. The minimum Gasteiger partial charge on any atom is -0.486 e. The summed E-state index contributed by atoms with van der Waals surface area (Å²) >= 11 is 6.32. The van der Waals surface area contributed by atoms with Crippen molar-refractivity contribution >= 4 is 41.4 Å². The van der Waals surface area contributed by atoms with E-state index in [4.69, 9.17) is 21.1 Å². The Labute approximate surface area is 207 Å². The lowest BCUT2D eigenvalue weighted by molar-refractivity contribution is 0.0817. The summed E-state index contributed by atoms with van der Waals surface area (Å²) in [5.41, 5.74) is 2.12. The first-order valence-electron chi connectivity index (χ1n) is 11.4. The molecule has 0 aliphatic heterocycles. The molecule has 4 rings (SSSR count). The lowest BCUT2D eigenvalue weighted by atomic mass is 10.1. The second-order valence-electron chi connectivity index (χ2n) is 9.68. The highest BCUT2D eigenvalue weighted by molar-refractivity contribution is 6.76. The minimum absolute atomic E-state index is 0.195. The smallest absolute Gasteiger partial charge is 0.272 e. The lowest BCUT2D eigenvalue weighted by Crippen LogP contribution is -2.22. The maximum absolute atomic E-state index is 12.7. The molecule has 0 aliphatic carbocycles. The molecule has 0 aliphatic rings. The van der Waals surface area contributed by atoms with Crippen LogP contribution in [0.25, 0.3) is 21.7 Å². The molecule has 0 saturated carbocycles. The summed E-state index contributed by atoms with van der Waals surface area (Å²) in [6, 6.07) is 13.7. The number of hydrogen-bond donors (Lipinski definition) is 1. The Morgan fingerprint density at radius 2 is 1.89 bits per heavy atom. The number of ether oxygens (including phenoxy) is 2. The first-order valence-corrected chi connectivity index (χ1v) is 15.5. The Kier molecular flexibility index (Phi) is 7.58. The van der Waals surface area contributed by atoms with Crippen LogP contribution in [0, 0.1) is 0 Å². The Bertz CT molecular complexity index is 1400. The molecule has 0 atom stereocenters. The van der Waals surface area contributed by atoms with E-state index in [1.165, 1.54) is 0 Å². The van der Waals surface area contributed by atoms with Crippen LogP contribution in [0.3, 0.4) is 0 Å². The maximum atomic E-state index is 12.7. The summed E-state index contributed by atoms with van der Waals surface area (Å²) in [6.07, 6.45) is -2.18. The van der Waals surface area contributed by atoms with E-state index in [1.807, 2.05) is 28.8 Å². The first-order chi connectivity index (χ1) is 16.6. The molecule has 2 aromatic heterocycles. The van der Waals surface area contributed by atoms with Crippen molar-refractivity contribution in [3.8, 4) is 5.75 Å². The third-order valence-corrected chi connectivity index (χ3v) is 7.75. The van der Waals surface area contributed by atoms with Gasteiger partial charge in [0, 0.05) is 43.6 Å². The number of nitrogens with one attached hydrogen (secondary N) is 1. The highest BCUT2D eigenvalue weighted by Gasteiger charge is 2.17. The predicted octanol–water partition coefficient (Wildman–Crippen LogP) is 6.08. The molecule has 10 heteroatoms. The number of aromatic amines is 1. The third kappa shape index (κ3) is 6.09. The fourth-order valence-electron chi connectivity index (χ4n) is 3.89. The molecule has 0 unspecified atom stereocenters. The molecule has 2 aromatic carbocycles. The van der Waals surface area contributed by atoms with Gasteiger partial charge in [0.15, 0.2) is 0 Å². The molecular weight excluding hydrogens is 492 g/mol. The average molecular weight is 520 g/mol. The van der Waals surface area contributed by atoms with Gasteiger partial charge in [-0.1, -0.05) is 49.4 Å². The molecule has 6 nitrogen and oxygen atoms in total. The number of nitrogens with zero attached hydrogens (tertiary/aromatic N) is 2. The fraction of sp³-hybridized carbons (Fsp3) is 0.360. The normalized spacial score (nSPS) is 12.2. The van der Waals surface area contributed by atoms with E-state index in [0.717, 1.165) is 28.0 Å². The van der Waals surface area contributed by atoms with Crippen LogP contribution < -0.4 is 10.3 Å². The molecule has 0 fully saturated rings. The number of hydrogen-bond acceptors (Lipinski definition) is 4. The fourth-order valence-corrected chi connectivity index (χ4v) is 4.88. The summed E-state index contributed by atoms with van der Waals surface area (Å²) < 4.78 is 38.7. The van der Waals surface area contributed by atoms with Gasteiger partial charge in [-0.25, -0.2) is 13.9 Å². The summed E-state index contributed by atoms with van der Waals surface area (Å²) in [5, 5.41) is 9.31. The lowest BCUT2D eigenvalue weighted by Gasteiger charge is -2.17. The highest BCUT2D eigenvalue weighted by atomic mass is 35.5. The topological polar surface area (TPSA) is 69.1 Å². The first kappa shape index (κ1) is 25.3. The molecule has 0 bridgehead atoms. The monoisotopic (exact) mass is 519 g/mol. The summed E-state index contributed by atoms with van der Waals surface area (Å²) in [4.78, 5) is 12.2. The van der Waals surface area contributed by atoms with Gasteiger partial charge in [-0.05, 0) is 24.2 Å². The van der Waals surface area contributed by atoms with Crippen LogP contribution in [0.5, 0.6) is 5.75 Å². The van der Waals surface area contributed by atoms with Crippen molar-refractivity contribution in [3.05, 3.63) is 69.2 Å². The van der Waals surface area contributed by atoms with Crippen molar-refractivity contribution < 1.29 is 18.3 Å². The van der Waals surface area contributed by atoms with Crippen LogP contribution in [-0.4, -0.2) is 42.5 Å². The summed E-state index contributed by atoms with van der Waals surface area (Å²) in [5.74, 6) is 0.195. The Hall–Kier alpha value is -2.75. The van der Waals surface area contributed by atoms with Crippen LogP contribution in [0.15, 0.2) is 47.3 Å². The zero-order valence-electron chi connectivity index (χ0n) is 19.9. The SMILES string of the molecule is C[Si](C)(C)CCOCn1c(Cc2n[nH]c(=O)c3ccccc23)cc2cc(Cl)c(OCC(F)F)cc21. The van der Waals surface area contributed by atoms with Crippen LogP contribution >= 0.6 is 11.6 Å². The molecule has 1 N–H and O–H groups in total. The second-order valence-corrected chi connectivity index (χ2v) is 15.7. The van der Waals surface area contributed by atoms with E-state index in [-0.39, 0.29) is 23.1 Å². The summed E-state index contributed by atoms with van der Waals surface area (Å²) in [6.45, 7) is 7.02. The van der Waals surface area contributed by atoms with Crippen molar-refractivity contribution in [2.24, 2.45) is 0 Å². The van der Waals surface area contributed by atoms with Gasteiger partial charge in [0.05, 0.1) is 21.6 Å². The quantitative estimate of drug-likeness (QED) is 0.204. The largest absolute Gasteiger partial charge is 0.486 e. The number of aromatic nitrogens is 3. The highest BCUT2D eigenvalue weighted by Crippen LogP contribution is 2.33. The number of alkyl halides is 2. The standard InChI is InChI=1S/C25H28ClF2N3O3Si/c1-35(2,3)9-8-33-15-31-17(12-21-18-6-4-5-7-19(18)25(32)30-29-21)10-16-11-20(26)23(13-22(16)31)34-14-24(27)28/h4-7,10-11,13,24H,8-9,12,14-15H2,1-3H3,(H,30,32). The molecule has 0 radical (unpaired) electrons. The predicted molar refractivity (Wildman–Crippen MR) is 138 cm³/mol. The van der Waals surface area contributed by atoms with Crippen molar-refractivity contribution in [1.82, 2.24) is 14.8 Å². The third-order valence-electron chi connectivity index (χ3n) is 5.75. The van der Waals surface area contributed by atoms with Gasteiger partial charge in [-0.2, -0.15) is 5.10 Å². The van der Waals surface area contributed by atoms with E-state index < -0.39 is 21.1 Å². The Morgan fingerprint density at radius 3 is 2.60 bits per heavy atom. The van der Waals surface area contributed by atoms with Gasteiger partial charge >= 0.3 is 0 Å². The molecule has 186 valence electrons. The van der Waals surface area contributed by atoms with Gasteiger partial charge in [-0.15, -0.1) is 0 Å². The van der Waals surface area contributed by atoms with Crippen molar-refractivity contribution in [2.75, 3.05) is 13.2 Å². The average Bonchev–Trinajstić information content (AvgIpc) is 3.12. The van der Waals surface area contributed by atoms with Crippen LogP contribution in [0.1, 0.15) is 11.4 Å². The van der Waals surface area contributed by atoms with E-state index >= 15 is 0 Å². The second kappa shape index (κ2) is 10.5. The van der Waals surface area contributed by atoms with Crippen molar-refractivity contribution in [1.29, 1.82) is 0 Å². The van der Waals surface area contributed by atoms with Gasteiger partial charge in [0.2, 0.25) is 0 Å². The van der Waals surface area contributed by atoms with Crippen LogP contribution in [0.2, 0.25) is 30.7 Å². The van der Waals surface area contributed by atoms with E-state index in [0.29, 0.717) is 24.1 Å². The molecule has 35 heavy (non-hydrogen) atoms.